The fraction of sp³-hybridized carbons (Fsp3) is 0.632. The van der Waals surface area contributed by atoms with Crippen LogP contribution < -0.4 is 10.1 Å². The van der Waals surface area contributed by atoms with Gasteiger partial charge >= 0.3 is 0 Å². The molecule has 25 heavy (non-hydrogen) atoms. The molecular formula is C19H25NO5. The molecule has 0 aromatic heterocycles. The summed E-state index contributed by atoms with van der Waals surface area (Å²) in [6, 6.07) is 3.49. The van der Waals surface area contributed by atoms with Gasteiger partial charge in [-0.1, -0.05) is 6.07 Å². The van der Waals surface area contributed by atoms with Gasteiger partial charge in [0.05, 0.1) is 17.2 Å². The minimum atomic E-state index is -0.361. The molecule has 1 aromatic carbocycles. The lowest BCUT2D eigenvalue weighted by Crippen LogP contribution is -2.52. The van der Waals surface area contributed by atoms with E-state index in [4.69, 9.17) is 14.2 Å². The van der Waals surface area contributed by atoms with Crippen LogP contribution in [0.4, 0.5) is 0 Å². The van der Waals surface area contributed by atoms with Crippen LogP contribution in [0.15, 0.2) is 12.1 Å². The van der Waals surface area contributed by atoms with E-state index < -0.39 is 0 Å². The molecule has 3 heterocycles. The molecule has 1 amide bonds. The standard InChI is InChI=1S/C19H25NO5/c1-18(2)11-12-3-4-13(15(21)16(12)25-18)17(22)20-14-5-8-24-19(14)6-9-23-10-7-19/h3-4,14,21H,5-11H2,1-2H3,(H,20,22). The Morgan fingerprint density at radius 1 is 1.24 bits per heavy atom. The largest absolute Gasteiger partial charge is 0.504 e. The normalized spacial score (nSPS) is 26.2. The second-order valence-corrected chi connectivity index (χ2v) is 7.83. The third kappa shape index (κ3) is 2.87. The first-order valence-corrected chi connectivity index (χ1v) is 8.97. The van der Waals surface area contributed by atoms with E-state index >= 15 is 0 Å². The van der Waals surface area contributed by atoms with Gasteiger partial charge in [-0.2, -0.15) is 0 Å². The van der Waals surface area contributed by atoms with Crippen LogP contribution >= 0.6 is 0 Å². The van der Waals surface area contributed by atoms with Gasteiger partial charge in [0, 0.05) is 44.6 Å². The lowest BCUT2D eigenvalue weighted by Gasteiger charge is -2.37. The molecular weight excluding hydrogens is 322 g/mol. The minimum absolute atomic E-state index is 0.0612. The van der Waals surface area contributed by atoms with Crippen LogP contribution in [0.3, 0.4) is 0 Å². The van der Waals surface area contributed by atoms with Crippen LogP contribution in [-0.4, -0.2) is 48.1 Å². The van der Waals surface area contributed by atoms with E-state index in [1.54, 1.807) is 6.07 Å². The lowest BCUT2D eigenvalue weighted by molar-refractivity contribution is -0.0872. The van der Waals surface area contributed by atoms with Crippen LogP contribution in [0.2, 0.25) is 0 Å². The van der Waals surface area contributed by atoms with Gasteiger partial charge in [-0.3, -0.25) is 4.79 Å². The molecule has 1 spiro atoms. The van der Waals surface area contributed by atoms with Crippen molar-refractivity contribution >= 4 is 5.91 Å². The molecule has 1 aromatic rings. The molecule has 4 rings (SSSR count). The molecule has 3 aliphatic rings. The number of hydrogen-bond donors (Lipinski definition) is 2. The average molecular weight is 347 g/mol. The predicted molar refractivity (Wildman–Crippen MR) is 91.1 cm³/mol. The van der Waals surface area contributed by atoms with E-state index in [-0.39, 0.29) is 34.5 Å². The summed E-state index contributed by atoms with van der Waals surface area (Å²) in [5.41, 5.74) is 0.494. The summed E-state index contributed by atoms with van der Waals surface area (Å²) < 4.78 is 17.2. The summed E-state index contributed by atoms with van der Waals surface area (Å²) in [5, 5.41) is 13.6. The highest BCUT2D eigenvalue weighted by Crippen LogP contribution is 2.43. The van der Waals surface area contributed by atoms with Gasteiger partial charge in [0.2, 0.25) is 0 Å². The second kappa shape index (κ2) is 5.88. The molecule has 6 nitrogen and oxygen atoms in total. The van der Waals surface area contributed by atoms with E-state index in [2.05, 4.69) is 5.32 Å². The monoisotopic (exact) mass is 347 g/mol. The number of rotatable bonds is 2. The van der Waals surface area contributed by atoms with Crippen molar-refractivity contribution in [1.82, 2.24) is 5.32 Å². The second-order valence-electron chi connectivity index (χ2n) is 7.83. The maximum Gasteiger partial charge on any atom is 0.255 e. The first-order chi connectivity index (χ1) is 11.9. The number of carbonyl (C=O) groups is 1. The Kier molecular flexibility index (Phi) is 3.92. The summed E-state index contributed by atoms with van der Waals surface area (Å²) in [4.78, 5) is 12.8. The minimum Gasteiger partial charge on any atom is -0.504 e. The van der Waals surface area contributed by atoms with Crippen molar-refractivity contribution < 1.29 is 24.1 Å². The number of nitrogens with one attached hydrogen (secondary N) is 1. The Morgan fingerprint density at radius 2 is 2.00 bits per heavy atom. The number of amides is 1. The summed E-state index contributed by atoms with van der Waals surface area (Å²) in [5.74, 6) is 0.0802. The molecule has 0 radical (unpaired) electrons. The molecule has 1 atom stereocenters. The quantitative estimate of drug-likeness (QED) is 0.857. The number of ether oxygens (including phenoxy) is 3. The van der Waals surface area contributed by atoms with Crippen molar-refractivity contribution in [3.63, 3.8) is 0 Å². The summed E-state index contributed by atoms with van der Waals surface area (Å²) in [7, 11) is 0. The van der Waals surface area contributed by atoms with Crippen molar-refractivity contribution in [2.75, 3.05) is 19.8 Å². The van der Waals surface area contributed by atoms with E-state index in [9.17, 15) is 9.90 Å². The van der Waals surface area contributed by atoms with Gasteiger partial charge < -0.3 is 24.6 Å². The van der Waals surface area contributed by atoms with E-state index in [1.165, 1.54) is 0 Å². The topological polar surface area (TPSA) is 77.0 Å². The van der Waals surface area contributed by atoms with Crippen molar-refractivity contribution in [2.45, 2.75) is 56.8 Å². The van der Waals surface area contributed by atoms with Crippen LogP contribution in [0, 0.1) is 0 Å². The number of phenolic OH excluding ortho intramolecular Hbond substituents is 1. The van der Waals surface area contributed by atoms with E-state index in [0.29, 0.717) is 25.6 Å². The Balaban J connectivity index is 1.54. The molecule has 3 aliphatic heterocycles. The molecule has 2 fully saturated rings. The number of benzene rings is 1. The maximum absolute atomic E-state index is 12.8. The molecule has 2 saturated heterocycles. The van der Waals surface area contributed by atoms with Gasteiger partial charge in [0.1, 0.15) is 5.60 Å². The molecule has 0 saturated carbocycles. The van der Waals surface area contributed by atoms with Crippen LogP contribution in [-0.2, 0) is 15.9 Å². The van der Waals surface area contributed by atoms with Gasteiger partial charge in [0.25, 0.3) is 5.91 Å². The fourth-order valence-electron chi connectivity index (χ4n) is 4.21. The van der Waals surface area contributed by atoms with Gasteiger partial charge in [-0.05, 0) is 26.3 Å². The van der Waals surface area contributed by atoms with Gasteiger partial charge in [-0.25, -0.2) is 0 Å². The molecule has 0 bridgehead atoms. The van der Waals surface area contributed by atoms with Gasteiger partial charge in [0.15, 0.2) is 11.5 Å². The van der Waals surface area contributed by atoms with E-state index in [1.807, 2.05) is 19.9 Å². The number of fused-ring (bicyclic) bond motifs is 1. The Labute approximate surface area is 147 Å². The van der Waals surface area contributed by atoms with Crippen molar-refractivity contribution in [1.29, 1.82) is 0 Å². The number of aromatic hydroxyl groups is 1. The third-order valence-electron chi connectivity index (χ3n) is 5.53. The third-order valence-corrected chi connectivity index (χ3v) is 5.53. The number of phenols is 1. The van der Waals surface area contributed by atoms with Crippen LogP contribution in [0.25, 0.3) is 0 Å². The zero-order valence-electron chi connectivity index (χ0n) is 14.8. The zero-order valence-corrected chi connectivity index (χ0v) is 14.8. The highest BCUT2D eigenvalue weighted by Gasteiger charge is 2.46. The summed E-state index contributed by atoms with van der Waals surface area (Å²) >= 11 is 0. The summed E-state index contributed by atoms with van der Waals surface area (Å²) in [6.07, 6.45) is 3.06. The Bertz CT molecular complexity index is 693. The number of hydrogen-bond acceptors (Lipinski definition) is 5. The predicted octanol–water partition coefficient (Wildman–Crippen LogP) is 2.17. The lowest BCUT2D eigenvalue weighted by atomic mass is 9.86. The van der Waals surface area contributed by atoms with Crippen molar-refractivity contribution in [3.05, 3.63) is 23.3 Å². The number of carbonyl (C=O) groups excluding carboxylic acids is 1. The zero-order chi connectivity index (χ0) is 17.7. The molecule has 2 N–H and O–H groups in total. The van der Waals surface area contributed by atoms with Gasteiger partial charge in [-0.15, -0.1) is 0 Å². The molecule has 136 valence electrons. The van der Waals surface area contributed by atoms with Crippen molar-refractivity contribution in [3.8, 4) is 11.5 Å². The highest BCUT2D eigenvalue weighted by atomic mass is 16.5. The first kappa shape index (κ1) is 16.7. The molecule has 6 heteroatoms. The highest BCUT2D eigenvalue weighted by molar-refractivity contribution is 5.98. The Morgan fingerprint density at radius 3 is 2.76 bits per heavy atom. The molecule has 1 unspecified atom stereocenters. The SMILES string of the molecule is CC1(C)Cc2ccc(C(=O)NC3CCOC34CCOCC4)c(O)c2O1. The molecule has 0 aliphatic carbocycles. The average Bonchev–Trinajstić information content (AvgIpc) is 3.09. The first-order valence-electron chi connectivity index (χ1n) is 8.97. The van der Waals surface area contributed by atoms with E-state index in [0.717, 1.165) is 31.2 Å². The Hall–Kier alpha value is -1.79. The maximum atomic E-state index is 12.8. The van der Waals surface area contributed by atoms with Crippen LogP contribution in [0.5, 0.6) is 11.5 Å². The smallest absolute Gasteiger partial charge is 0.255 e. The van der Waals surface area contributed by atoms with Crippen LogP contribution in [0.1, 0.15) is 49.0 Å². The summed E-state index contributed by atoms with van der Waals surface area (Å²) in [6.45, 7) is 5.88. The van der Waals surface area contributed by atoms with Crippen molar-refractivity contribution in [2.24, 2.45) is 0 Å². The fourth-order valence-corrected chi connectivity index (χ4v) is 4.21.